The zero-order valence-corrected chi connectivity index (χ0v) is 17.1. The van der Waals surface area contributed by atoms with Crippen LogP contribution in [0, 0.1) is 0 Å². The molecule has 0 aliphatic heterocycles. The summed E-state index contributed by atoms with van der Waals surface area (Å²) in [6.45, 7) is -1.60. The van der Waals surface area contributed by atoms with Crippen LogP contribution < -0.4 is 0 Å². The lowest BCUT2D eigenvalue weighted by molar-refractivity contribution is -0.161. The number of esters is 1. The number of hydrogen-bond acceptors (Lipinski definition) is 2. The first-order chi connectivity index (χ1) is 14.9. The van der Waals surface area contributed by atoms with E-state index in [9.17, 15) is 18.0 Å². The third kappa shape index (κ3) is 5.09. The Hall–Kier alpha value is -3.25. The molecule has 4 aromatic carbocycles. The van der Waals surface area contributed by atoms with E-state index in [2.05, 4.69) is 35.1 Å². The topological polar surface area (TPSA) is 26.3 Å². The van der Waals surface area contributed by atoms with Crippen molar-refractivity contribution in [2.75, 3.05) is 6.61 Å². The van der Waals surface area contributed by atoms with Crippen molar-refractivity contribution in [2.45, 2.75) is 20.9 Å². The van der Waals surface area contributed by atoms with Crippen molar-refractivity contribution in [3.63, 3.8) is 0 Å². The molecular formula is C25H18F3O2S+. The minimum Gasteiger partial charge on any atom is -0.452 e. The predicted octanol–water partition coefficient (Wildman–Crippen LogP) is 6.65. The molecule has 6 heteroatoms. The summed E-state index contributed by atoms with van der Waals surface area (Å²) in [4.78, 5) is 15.4. The average molecular weight is 439 g/mol. The molecule has 4 aromatic rings. The fraction of sp³-hybridized carbons (Fsp3) is 0.0800. The Balaban J connectivity index is 1.68. The molecule has 0 aliphatic carbocycles. The van der Waals surface area contributed by atoms with Crippen LogP contribution in [0.15, 0.2) is 112 Å². The van der Waals surface area contributed by atoms with Gasteiger partial charge in [0.1, 0.15) is 0 Å². The number of fused-ring (bicyclic) bond motifs is 1. The van der Waals surface area contributed by atoms with Gasteiger partial charge in [0.25, 0.3) is 0 Å². The lowest BCUT2D eigenvalue weighted by Gasteiger charge is -2.10. The second-order valence-electron chi connectivity index (χ2n) is 6.85. The summed E-state index contributed by atoms with van der Waals surface area (Å²) in [5, 5.41) is 1.66. The van der Waals surface area contributed by atoms with Gasteiger partial charge in [0.05, 0.1) is 16.5 Å². The first kappa shape index (κ1) is 21.0. The molecule has 31 heavy (non-hydrogen) atoms. The molecule has 2 nitrogen and oxygen atoms in total. The molecule has 0 spiro atoms. The van der Waals surface area contributed by atoms with Gasteiger partial charge in [0.15, 0.2) is 21.3 Å². The number of rotatable bonds is 5. The number of alkyl halides is 3. The molecule has 0 amide bonds. The van der Waals surface area contributed by atoms with Crippen molar-refractivity contribution in [2.24, 2.45) is 0 Å². The Morgan fingerprint density at radius 1 is 0.710 bits per heavy atom. The van der Waals surface area contributed by atoms with Crippen LogP contribution in [0.1, 0.15) is 10.4 Å². The van der Waals surface area contributed by atoms with E-state index in [1.807, 2.05) is 48.5 Å². The number of hydrogen-bond donors (Lipinski definition) is 0. The number of carbonyl (C=O) groups is 1. The van der Waals surface area contributed by atoms with E-state index in [0.717, 1.165) is 15.7 Å². The summed E-state index contributed by atoms with van der Waals surface area (Å²) in [7, 11) is -0.314. The maximum atomic E-state index is 12.3. The maximum Gasteiger partial charge on any atom is 0.422 e. The summed E-state index contributed by atoms with van der Waals surface area (Å²) >= 11 is 0. The quantitative estimate of drug-likeness (QED) is 0.257. The number of ether oxygens (including phenoxy) is 1. The first-order valence-electron chi connectivity index (χ1n) is 9.53. The third-order valence-electron chi connectivity index (χ3n) is 4.61. The average Bonchev–Trinajstić information content (AvgIpc) is 2.78. The Kier molecular flexibility index (Phi) is 6.00. The standard InChI is InChI=1S/C25H18F3O2S/c26-25(27,28)17-30-24(29)20-12-11-19-16-23(14-13-18(19)15-20)31(21-7-3-1-4-8-21)22-9-5-2-6-10-22/h1-16H,17H2/q+1. The summed E-state index contributed by atoms with van der Waals surface area (Å²) in [6, 6.07) is 31.1. The van der Waals surface area contributed by atoms with Crippen molar-refractivity contribution in [1.29, 1.82) is 0 Å². The second kappa shape index (κ2) is 8.86. The minimum atomic E-state index is -4.55. The molecular weight excluding hydrogens is 421 g/mol. The number of carbonyl (C=O) groups excluding carboxylic acids is 1. The molecule has 0 unspecified atom stereocenters. The van der Waals surface area contributed by atoms with Gasteiger partial charge in [-0.15, -0.1) is 0 Å². The van der Waals surface area contributed by atoms with Gasteiger partial charge in [0, 0.05) is 6.07 Å². The summed E-state index contributed by atoms with van der Waals surface area (Å²) in [5.41, 5.74) is 0.0922. The van der Waals surface area contributed by atoms with Gasteiger partial charge in [-0.3, -0.25) is 0 Å². The lowest BCUT2D eigenvalue weighted by atomic mass is 10.1. The molecule has 0 atom stereocenters. The molecule has 0 fully saturated rings. The van der Waals surface area contributed by atoms with Gasteiger partial charge in [-0.1, -0.05) is 42.5 Å². The van der Waals surface area contributed by atoms with Gasteiger partial charge in [0.2, 0.25) is 0 Å². The van der Waals surface area contributed by atoms with Crippen LogP contribution in [0.2, 0.25) is 0 Å². The molecule has 0 saturated heterocycles. The van der Waals surface area contributed by atoms with Crippen LogP contribution in [0.3, 0.4) is 0 Å². The van der Waals surface area contributed by atoms with Crippen LogP contribution >= 0.6 is 0 Å². The van der Waals surface area contributed by atoms with E-state index in [0.29, 0.717) is 0 Å². The van der Waals surface area contributed by atoms with Crippen LogP contribution in [0.4, 0.5) is 13.2 Å². The predicted molar refractivity (Wildman–Crippen MR) is 115 cm³/mol. The van der Waals surface area contributed by atoms with E-state index < -0.39 is 18.8 Å². The fourth-order valence-corrected chi connectivity index (χ4v) is 5.35. The Morgan fingerprint density at radius 3 is 1.84 bits per heavy atom. The van der Waals surface area contributed by atoms with Crippen LogP contribution in [-0.2, 0) is 15.6 Å². The highest BCUT2D eigenvalue weighted by molar-refractivity contribution is 7.97. The van der Waals surface area contributed by atoms with Gasteiger partial charge in [-0.2, -0.15) is 13.2 Å². The molecule has 0 saturated carbocycles. The first-order valence-corrected chi connectivity index (χ1v) is 10.8. The van der Waals surface area contributed by atoms with E-state index in [1.54, 1.807) is 12.1 Å². The van der Waals surface area contributed by atoms with Gasteiger partial charge < -0.3 is 4.74 Å². The number of benzene rings is 4. The summed E-state index contributed by atoms with van der Waals surface area (Å²) in [6.07, 6.45) is -4.55. The van der Waals surface area contributed by atoms with Crippen LogP contribution in [0.25, 0.3) is 10.8 Å². The fourth-order valence-electron chi connectivity index (χ4n) is 3.23. The molecule has 0 aliphatic rings. The van der Waals surface area contributed by atoms with E-state index in [1.165, 1.54) is 15.9 Å². The summed E-state index contributed by atoms with van der Waals surface area (Å²) in [5.74, 6) is -0.989. The monoisotopic (exact) mass is 439 g/mol. The van der Waals surface area contributed by atoms with E-state index >= 15 is 0 Å². The summed E-state index contributed by atoms with van der Waals surface area (Å²) < 4.78 is 41.3. The Morgan fingerprint density at radius 2 is 1.26 bits per heavy atom. The third-order valence-corrected chi connectivity index (χ3v) is 6.82. The molecule has 156 valence electrons. The van der Waals surface area contributed by atoms with E-state index in [-0.39, 0.29) is 16.5 Å². The highest BCUT2D eigenvalue weighted by Gasteiger charge is 2.30. The normalized spacial score (nSPS) is 11.6. The Labute approximate surface area is 180 Å². The molecule has 0 bridgehead atoms. The lowest BCUT2D eigenvalue weighted by Crippen LogP contribution is -2.20. The smallest absolute Gasteiger partial charge is 0.422 e. The van der Waals surface area contributed by atoms with Crippen LogP contribution in [-0.4, -0.2) is 18.8 Å². The maximum absolute atomic E-state index is 12.3. The highest BCUT2D eigenvalue weighted by Crippen LogP contribution is 2.33. The van der Waals surface area contributed by atoms with Crippen molar-refractivity contribution < 1.29 is 22.7 Å². The molecule has 4 rings (SSSR count). The van der Waals surface area contributed by atoms with Crippen molar-refractivity contribution in [3.8, 4) is 0 Å². The van der Waals surface area contributed by atoms with Crippen LogP contribution in [0.5, 0.6) is 0 Å². The van der Waals surface area contributed by atoms with E-state index in [4.69, 9.17) is 0 Å². The van der Waals surface area contributed by atoms with Gasteiger partial charge in [-0.05, 0) is 59.3 Å². The zero-order chi connectivity index (χ0) is 21.8. The van der Waals surface area contributed by atoms with Gasteiger partial charge in [-0.25, -0.2) is 4.79 Å². The van der Waals surface area contributed by atoms with Crippen molar-refractivity contribution in [3.05, 3.63) is 103 Å². The zero-order valence-electron chi connectivity index (χ0n) is 16.3. The second-order valence-corrected chi connectivity index (χ2v) is 8.87. The molecule has 0 radical (unpaired) electrons. The molecule has 0 aromatic heterocycles. The Bertz CT molecular complexity index is 1150. The van der Waals surface area contributed by atoms with Gasteiger partial charge >= 0.3 is 12.1 Å². The largest absolute Gasteiger partial charge is 0.452 e. The SMILES string of the molecule is O=C(OCC(F)(F)F)c1ccc2cc([S+](c3ccccc3)c3ccccc3)ccc2c1. The molecule has 0 heterocycles. The molecule has 0 N–H and O–H groups in total. The highest BCUT2D eigenvalue weighted by atomic mass is 32.2. The minimum absolute atomic E-state index is 0.0922. The van der Waals surface area contributed by atoms with Crippen molar-refractivity contribution in [1.82, 2.24) is 0 Å². The van der Waals surface area contributed by atoms with Crippen molar-refractivity contribution >= 4 is 27.6 Å². The number of halogens is 3.